The maximum Gasteiger partial charge on any atom is 0.412 e. The largest absolute Gasteiger partial charge is 0.487 e. The van der Waals surface area contributed by atoms with Crippen molar-refractivity contribution in [2.75, 3.05) is 11.9 Å². The third-order valence-corrected chi connectivity index (χ3v) is 5.33. The van der Waals surface area contributed by atoms with Crippen molar-refractivity contribution in [2.24, 2.45) is 13.0 Å². The van der Waals surface area contributed by atoms with E-state index in [1.54, 1.807) is 26.4 Å². The van der Waals surface area contributed by atoms with Gasteiger partial charge in [0.15, 0.2) is 11.6 Å². The summed E-state index contributed by atoms with van der Waals surface area (Å²) in [5.41, 5.74) is 1.19. The fourth-order valence-electron chi connectivity index (χ4n) is 3.55. The normalized spacial score (nSPS) is 18.4. The molecule has 0 bridgehead atoms. The Morgan fingerprint density at radius 2 is 2.13 bits per heavy atom. The number of carbonyl (C=O) groups excluding carboxylic acids is 1. The van der Waals surface area contributed by atoms with Crippen LogP contribution in [0.3, 0.4) is 0 Å². The van der Waals surface area contributed by atoms with E-state index < -0.39 is 12.1 Å². The SMILES string of the molecule is CCCCOC(=O)Nc1c(-c2ncc(O[C@H]3CCC[C@H](C(=O)O)C3)c(C)n2)cnn1C. The van der Waals surface area contributed by atoms with Gasteiger partial charge in [-0.25, -0.2) is 14.8 Å². The number of nitrogens with one attached hydrogen (secondary N) is 1. The molecule has 0 unspecified atom stereocenters. The molecule has 2 aromatic heterocycles. The van der Waals surface area contributed by atoms with E-state index >= 15 is 0 Å². The predicted octanol–water partition coefficient (Wildman–Crippen LogP) is 3.56. The Kier molecular flexibility index (Phi) is 7.43. The molecule has 1 aliphatic rings. The molecule has 2 N–H and O–H groups in total. The van der Waals surface area contributed by atoms with Gasteiger partial charge in [0.1, 0.15) is 5.82 Å². The van der Waals surface area contributed by atoms with E-state index in [2.05, 4.69) is 20.4 Å². The molecule has 0 radical (unpaired) electrons. The van der Waals surface area contributed by atoms with Gasteiger partial charge in [0.2, 0.25) is 0 Å². The number of aliphatic carboxylic acids is 1. The second-order valence-corrected chi connectivity index (χ2v) is 7.73. The zero-order valence-electron chi connectivity index (χ0n) is 18.1. The average molecular weight is 431 g/mol. The van der Waals surface area contributed by atoms with Gasteiger partial charge in [-0.1, -0.05) is 13.3 Å². The highest BCUT2D eigenvalue weighted by Gasteiger charge is 2.28. The van der Waals surface area contributed by atoms with Crippen LogP contribution in [0.15, 0.2) is 12.4 Å². The van der Waals surface area contributed by atoms with Crippen molar-refractivity contribution in [1.82, 2.24) is 19.7 Å². The van der Waals surface area contributed by atoms with Gasteiger partial charge >= 0.3 is 12.1 Å². The highest BCUT2D eigenvalue weighted by atomic mass is 16.5. The van der Waals surface area contributed by atoms with Gasteiger partial charge in [-0.05, 0) is 39.0 Å². The van der Waals surface area contributed by atoms with E-state index in [4.69, 9.17) is 9.47 Å². The van der Waals surface area contributed by atoms with Crippen LogP contribution in [0.4, 0.5) is 10.6 Å². The number of aromatic nitrogens is 4. The summed E-state index contributed by atoms with van der Waals surface area (Å²) in [6.07, 6.45) is 6.95. The van der Waals surface area contributed by atoms with Crippen molar-refractivity contribution in [3.8, 4) is 17.1 Å². The van der Waals surface area contributed by atoms with Gasteiger partial charge in [-0.2, -0.15) is 5.10 Å². The van der Waals surface area contributed by atoms with Crippen LogP contribution in [0.25, 0.3) is 11.4 Å². The Bertz CT molecular complexity index is 929. The summed E-state index contributed by atoms with van der Waals surface area (Å²) >= 11 is 0. The van der Waals surface area contributed by atoms with Crippen molar-refractivity contribution in [2.45, 2.75) is 58.5 Å². The average Bonchev–Trinajstić information content (AvgIpc) is 3.10. The summed E-state index contributed by atoms with van der Waals surface area (Å²) in [7, 11) is 1.71. The van der Waals surface area contributed by atoms with Crippen LogP contribution in [0.5, 0.6) is 5.75 Å². The molecule has 1 aliphatic carbocycles. The number of unbranched alkanes of at least 4 members (excludes halogenated alkanes) is 1. The smallest absolute Gasteiger partial charge is 0.412 e. The minimum Gasteiger partial charge on any atom is -0.487 e. The number of aryl methyl sites for hydroxylation is 2. The van der Waals surface area contributed by atoms with E-state index in [0.29, 0.717) is 48.1 Å². The number of ether oxygens (including phenoxy) is 2. The van der Waals surface area contributed by atoms with Gasteiger partial charge in [0, 0.05) is 7.05 Å². The number of hydrogen-bond acceptors (Lipinski definition) is 7. The number of carboxylic acid groups (broad SMARTS) is 1. The van der Waals surface area contributed by atoms with Gasteiger partial charge in [0.05, 0.1) is 42.3 Å². The predicted molar refractivity (Wildman–Crippen MR) is 113 cm³/mol. The van der Waals surface area contributed by atoms with Gasteiger partial charge < -0.3 is 14.6 Å². The molecule has 3 rings (SSSR count). The second kappa shape index (κ2) is 10.2. The third-order valence-electron chi connectivity index (χ3n) is 5.33. The fourth-order valence-corrected chi connectivity index (χ4v) is 3.55. The first-order valence-corrected chi connectivity index (χ1v) is 10.6. The van der Waals surface area contributed by atoms with Gasteiger partial charge in [-0.15, -0.1) is 0 Å². The molecular formula is C21H29N5O5. The number of hydrogen-bond donors (Lipinski definition) is 2. The minimum absolute atomic E-state index is 0.170. The van der Waals surface area contributed by atoms with Crippen LogP contribution in [0, 0.1) is 12.8 Å². The number of amides is 1. The van der Waals surface area contributed by atoms with E-state index in [1.807, 2.05) is 6.92 Å². The molecule has 0 saturated heterocycles. The lowest BCUT2D eigenvalue weighted by molar-refractivity contribution is -0.143. The van der Waals surface area contributed by atoms with Crippen molar-refractivity contribution >= 4 is 17.9 Å². The van der Waals surface area contributed by atoms with Crippen molar-refractivity contribution in [3.63, 3.8) is 0 Å². The van der Waals surface area contributed by atoms with E-state index in [0.717, 1.165) is 25.7 Å². The van der Waals surface area contributed by atoms with Crippen LogP contribution in [0.2, 0.25) is 0 Å². The van der Waals surface area contributed by atoms with Crippen LogP contribution in [-0.4, -0.2) is 49.6 Å². The first-order chi connectivity index (χ1) is 14.9. The first kappa shape index (κ1) is 22.5. The monoisotopic (exact) mass is 431 g/mol. The molecular weight excluding hydrogens is 402 g/mol. The second-order valence-electron chi connectivity index (χ2n) is 7.73. The Hall–Kier alpha value is -3.17. The summed E-state index contributed by atoms with van der Waals surface area (Å²) < 4.78 is 12.7. The number of carboxylic acids is 1. The summed E-state index contributed by atoms with van der Waals surface area (Å²) in [6.45, 7) is 4.17. The molecule has 0 aromatic carbocycles. The number of rotatable bonds is 8. The van der Waals surface area contributed by atoms with Crippen molar-refractivity contribution < 1.29 is 24.2 Å². The zero-order chi connectivity index (χ0) is 22.4. The Morgan fingerprint density at radius 1 is 1.32 bits per heavy atom. The van der Waals surface area contributed by atoms with Crippen molar-refractivity contribution in [3.05, 3.63) is 18.1 Å². The fraction of sp³-hybridized carbons (Fsp3) is 0.571. The van der Waals surface area contributed by atoms with Crippen LogP contribution in [0.1, 0.15) is 51.1 Å². The highest BCUT2D eigenvalue weighted by molar-refractivity contribution is 5.88. The van der Waals surface area contributed by atoms with E-state index in [9.17, 15) is 14.7 Å². The first-order valence-electron chi connectivity index (χ1n) is 10.6. The summed E-state index contributed by atoms with van der Waals surface area (Å²) in [5.74, 6) is 0.207. The molecule has 168 valence electrons. The molecule has 2 aromatic rings. The standard InChI is InChI=1S/C21H29N5O5/c1-4-5-9-30-21(29)25-19-16(11-23-26(19)3)18-22-12-17(13(2)24-18)31-15-8-6-7-14(10-15)20(27)28/h11-12,14-15H,4-10H2,1-3H3,(H,25,29)(H,27,28)/t14-,15-/m0/s1. The molecule has 0 aliphatic heterocycles. The molecule has 1 amide bonds. The van der Waals surface area contributed by atoms with Gasteiger partial charge in [0.25, 0.3) is 0 Å². The molecule has 2 atom stereocenters. The minimum atomic E-state index is -0.776. The maximum atomic E-state index is 12.1. The topological polar surface area (TPSA) is 128 Å². The lowest BCUT2D eigenvalue weighted by atomic mass is 9.87. The molecule has 0 spiro atoms. The van der Waals surface area contributed by atoms with Gasteiger partial charge in [-0.3, -0.25) is 14.8 Å². The molecule has 1 fully saturated rings. The number of anilines is 1. The van der Waals surface area contributed by atoms with E-state index in [1.165, 1.54) is 4.68 Å². The molecule has 31 heavy (non-hydrogen) atoms. The summed E-state index contributed by atoms with van der Waals surface area (Å²) in [4.78, 5) is 32.2. The Balaban J connectivity index is 1.71. The quantitative estimate of drug-likeness (QED) is 0.607. The van der Waals surface area contributed by atoms with E-state index in [-0.39, 0.29) is 12.0 Å². The summed E-state index contributed by atoms with van der Waals surface area (Å²) in [5, 5.41) is 16.2. The number of carbonyl (C=O) groups is 2. The van der Waals surface area contributed by atoms with Crippen LogP contribution < -0.4 is 10.1 Å². The molecule has 10 nitrogen and oxygen atoms in total. The molecule has 2 heterocycles. The third kappa shape index (κ3) is 5.71. The Morgan fingerprint density at radius 3 is 2.84 bits per heavy atom. The number of nitrogens with zero attached hydrogens (tertiary/aromatic N) is 4. The van der Waals surface area contributed by atoms with Crippen LogP contribution >= 0.6 is 0 Å². The molecule has 10 heteroatoms. The lowest BCUT2D eigenvalue weighted by Gasteiger charge is -2.27. The maximum absolute atomic E-state index is 12.1. The lowest BCUT2D eigenvalue weighted by Crippen LogP contribution is -2.29. The van der Waals surface area contributed by atoms with Crippen molar-refractivity contribution in [1.29, 1.82) is 0 Å². The highest BCUT2D eigenvalue weighted by Crippen LogP contribution is 2.30. The summed E-state index contributed by atoms with van der Waals surface area (Å²) in [6, 6.07) is 0. The van der Waals surface area contributed by atoms with Crippen LogP contribution in [-0.2, 0) is 16.6 Å². The Labute approximate surface area is 181 Å². The zero-order valence-corrected chi connectivity index (χ0v) is 18.1. The molecule has 1 saturated carbocycles.